The Hall–Kier alpha value is -3.09. The van der Waals surface area contributed by atoms with Crippen molar-refractivity contribution >= 4 is 11.8 Å². The number of nitrogens with one attached hydrogen (secondary N) is 1. The lowest BCUT2D eigenvalue weighted by Crippen LogP contribution is -2.26. The molecule has 2 amide bonds. The molecule has 0 radical (unpaired) electrons. The van der Waals surface area contributed by atoms with Gasteiger partial charge in [0.15, 0.2) is 18.1 Å². The van der Waals surface area contributed by atoms with Gasteiger partial charge in [0.25, 0.3) is 11.8 Å². The Morgan fingerprint density at radius 1 is 1.16 bits per heavy atom. The fraction of sp³-hybridized carbons (Fsp3) is 0.222. The Kier molecular flexibility index (Phi) is 5.94. The Labute approximate surface area is 144 Å². The van der Waals surface area contributed by atoms with Crippen LogP contribution in [0.1, 0.15) is 28.9 Å². The number of hydrogen-bond acceptors (Lipinski definition) is 4. The number of halogens is 1. The zero-order valence-electron chi connectivity index (χ0n) is 13.9. The van der Waals surface area contributed by atoms with Crippen LogP contribution < -0.4 is 20.5 Å². The average molecular weight is 346 g/mol. The second kappa shape index (κ2) is 8.14. The summed E-state index contributed by atoms with van der Waals surface area (Å²) in [6.07, 6.45) is 0. The quantitative estimate of drug-likeness (QED) is 0.804. The van der Waals surface area contributed by atoms with Crippen molar-refractivity contribution in [3.8, 4) is 11.5 Å². The third kappa shape index (κ3) is 4.94. The molecule has 6 nitrogen and oxygen atoms in total. The number of ether oxygens (including phenoxy) is 2. The number of nitrogens with two attached hydrogens (primary N) is 1. The van der Waals surface area contributed by atoms with Crippen molar-refractivity contribution in [3.63, 3.8) is 0 Å². The van der Waals surface area contributed by atoms with Crippen LogP contribution in [0.25, 0.3) is 0 Å². The molecule has 132 valence electrons. The Morgan fingerprint density at radius 3 is 2.44 bits per heavy atom. The third-order valence-corrected chi connectivity index (χ3v) is 3.51. The van der Waals surface area contributed by atoms with Crippen molar-refractivity contribution in [2.24, 2.45) is 5.73 Å². The van der Waals surface area contributed by atoms with Gasteiger partial charge in [-0.25, -0.2) is 4.39 Å². The number of rotatable bonds is 7. The van der Waals surface area contributed by atoms with Gasteiger partial charge < -0.3 is 20.5 Å². The molecule has 0 saturated carbocycles. The van der Waals surface area contributed by atoms with E-state index in [0.717, 1.165) is 5.56 Å². The first kappa shape index (κ1) is 18.3. The second-order valence-electron chi connectivity index (χ2n) is 5.37. The van der Waals surface area contributed by atoms with Crippen molar-refractivity contribution < 1.29 is 23.5 Å². The lowest BCUT2D eigenvalue weighted by atomic mass is 10.1. The van der Waals surface area contributed by atoms with Crippen LogP contribution in [0.3, 0.4) is 0 Å². The molecule has 0 spiro atoms. The van der Waals surface area contributed by atoms with E-state index in [4.69, 9.17) is 15.2 Å². The van der Waals surface area contributed by atoms with Crippen LogP contribution in [-0.4, -0.2) is 25.5 Å². The SMILES string of the molecule is COc1cc(C(=O)N[C@H](C)c2ccc(F)cc2)ccc1OCC(N)=O. The molecule has 3 N–H and O–H groups in total. The molecule has 0 heterocycles. The molecule has 25 heavy (non-hydrogen) atoms. The van der Waals surface area contributed by atoms with Gasteiger partial charge in [-0.05, 0) is 42.8 Å². The molecule has 2 aromatic rings. The minimum Gasteiger partial charge on any atom is -0.493 e. The first-order chi connectivity index (χ1) is 11.9. The monoisotopic (exact) mass is 346 g/mol. The number of carbonyl (C=O) groups is 2. The maximum Gasteiger partial charge on any atom is 0.255 e. The molecule has 7 heteroatoms. The highest BCUT2D eigenvalue weighted by molar-refractivity contribution is 5.95. The summed E-state index contributed by atoms with van der Waals surface area (Å²) in [6.45, 7) is 1.51. The molecule has 0 fully saturated rings. The van der Waals surface area contributed by atoms with Crippen LogP contribution in [0, 0.1) is 5.82 Å². The van der Waals surface area contributed by atoms with Gasteiger partial charge in [-0.1, -0.05) is 12.1 Å². The van der Waals surface area contributed by atoms with Gasteiger partial charge in [0.05, 0.1) is 13.2 Å². The van der Waals surface area contributed by atoms with E-state index in [1.807, 2.05) is 0 Å². The zero-order chi connectivity index (χ0) is 18.4. The Balaban J connectivity index is 2.10. The highest BCUT2D eigenvalue weighted by Gasteiger charge is 2.15. The van der Waals surface area contributed by atoms with E-state index in [-0.39, 0.29) is 24.4 Å². The van der Waals surface area contributed by atoms with Crippen LogP contribution in [0.4, 0.5) is 4.39 Å². The number of carbonyl (C=O) groups excluding carboxylic acids is 2. The summed E-state index contributed by atoms with van der Waals surface area (Å²) in [5, 5.41) is 2.82. The van der Waals surface area contributed by atoms with Crippen molar-refractivity contribution in [2.45, 2.75) is 13.0 Å². The number of hydrogen-bond donors (Lipinski definition) is 2. The normalized spacial score (nSPS) is 11.5. The van der Waals surface area contributed by atoms with E-state index in [1.165, 1.54) is 31.4 Å². The van der Waals surface area contributed by atoms with E-state index >= 15 is 0 Å². The fourth-order valence-corrected chi connectivity index (χ4v) is 2.19. The van der Waals surface area contributed by atoms with Gasteiger partial charge in [-0.3, -0.25) is 9.59 Å². The van der Waals surface area contributed by atoms with Crippen LogP contribution in [0.15, 0.2) is 42.5 Å². The molecule has 0 aliphatic rings. The molecule has 1 atom stereocenters. The van der Waals surface area contributed by atoms with Crippen LogP contribution >= 0.6 is 0 Å². The van der Waals surface area contributed by atoms with Gasteiger partial charge >= 0.3 is 0 Å². The maximum atomic E-state index is 13.0. The minimum atomic E-state index is -0.614. The molecular formula is C18H19FN2O4. The standard InChI is InChI=1S/C18H19FN2O4/c1-11(12-3-6-14(19)7-4-12)21-18(23)13-5-8-15(16(9-13)24-2)25-10-17(20)22/h3-9,11H,10H2,1-2H3,(H2,20,22)(H,21,23)/t11-/m1/s1. The molecule has 0 unspecified atom stereocenters. The third-order valence-electron chi connectivity index (χ3n) is 3.51. The molecule has 0 aromatic heterocycles. The molecule has 0 saturated heterocycles. The van der Waals surface area contributed by atoms with Crippen LogP contribution in [0.2, 0.25) is 0 Å². The van der Waals surface area contributed by atoms with E-state index in [0.29, 0.717) is 17.1 Å². The van der Waals surface area contributed by atoms with Gasteiger partial charge in [0.2, 0.25) is 0 Å². The first-order valence-electron chi connectivity index (χ1n) is 7.56. The smallest absolute Gasteiger partial charge is 0.255 e. The summed E-state index contributed by atoms with van der Waals surface area (Å²) < 4.78 is 23.4. The van der Waals surface area contributed by atoms with E-state index in [2.05, 4.69) is 5.32 Å². The predicted octanol–water partition coefficient (Wildman–Crippen LogP) is 2.19. The Morgan fingerprint density at radius 2 is 1.84 bits per heavy atom. The summed E-state index contributed by atoms with van der Waals surface area (Å²) in [5.74, 6) is -0.653. The average Bonchev–Trinajstić information content (AvgIpc) is 2.60. The highest BCUT2D eigenvalue weighted by atomic mass is 19.1. The largest absolute Gasteiger partial charge is 0.493 e. The van der Waals surface area contributed by atoms with E-state index in [9.17, 15) is 14.0 Å². The lowest BCUT2D eigenvalue weighted by molar-refractivity contribution is -0.119. The van der Waals surface area contributed by atoms with Gasteiger partial charge in [-0.15, -0.1) is 0 Å². The summed E-state index contributed by atoms with van der Waals surface area (Å²) in [5.41, 5.74) is 6.18. The summed E-state index contributed by atoms with van der Waals surface area (Å²) >= 11 is 0. The van der Waals surface area contributed by atoms with Crippen LogP contribution in [0.5, 0.6) is 11.5 Å². The highest BCUT2D eigenvalue weighted by Crippen LogP contribution is 2.28. The zero-order valence-corrected chi connectivity index (χ0v) is 13.9. The molecule has 2 rings (SSSR count). The number of benzene rings is 2. The molecule has 0 aliphatic heterocycles. The predicted molar refractivity (Wildman–Crippen MR) is 90.0 cm³/mol. The molecule has 2 aromatic carbocycles. The molecule has 0 aliphatic carbocycles. The van der Waals surface area contributed by atoms with Crippen molar-refractivity contribution in [1.29, 1.82) is 0 Å². The fourth-order valence-electron chi connectivity index (χ4n) is 2.19. The topological polar surface area (TPSA) is 90.7 Å². The number of primary amides is 1. The van der Waals surface area contributed by atoms with Crippen molar-refractivity contribution in [2.75, 3.05) is 13.7 Å². The summed E-state index contributed by atoms with van der Waals surface area (Å²) in [6, 6.07) is 10.2. The van der Waals surface area contributed by atoms with Crippen LogP contribution in [-0.2, 0) is 4.79 Å². The lowest BCUT2D eigenvalue weighted by Gasteiger charge is -2.15. The Bertz CT molecular complexity index is 762. The number of methoxy groups -OCH3 is 1. The van der Waals surface area contributed by atoms with Gasteiger partial charge in [0, 0.05) is 5.56 Å². The first-order valence-corrected chi connectivity index (χ1v) is 7.56. The number of amides is 2. The van der Waals surface area contributed by atoms with Gasteiger partial charge in [0.1, 0.15) is 5.82 Å². The summed E-state index contributed by atoms with van der Waals surface area (Å²) in [4.78, 5) is 23.2. The van der Waals surface area contributed by atoms with Crippen molar-refractivity contribution in [3.05, 3.63) is 59.4 Å². The second-order valence-corrected chi connectivity index (χ2v) is 5.37. The molecule has 0 bridgehead atoms. The molecular weight excluding hydrogens is 327 g/mol. The van der Waals surface area contributed by atoms with Crippen molar-refractivity contribution in [1.82, 2.24) is 5.32 Å². The van der Waals surface area contributed by atoms with E-state index in [1.54, 1.807) is 25.1 Å². The minimum absolute atomic E-state index is 0.288. The summed E-state index contributed by atoms with van der Waals surface area (Å²) in [7, 11) is 1.43. The maximum absolute atomic E-state index is 13.0. The van der Waals surface area contributed by atoms with E-state index < -0.39 is 5.91 Å². The van der Waals surface area contributed by atoms with Gasteiger partial charge in [-0.2, -0.15) is 0 Å².